The number of para-hydroxylation sites is 2. The second-order valence-corrected chi connectivity index (χ2v) is 6.44. The summed E-state index contributed by atoms with van der Waals surface area (Å²) in [7, 11) is 4.98. The molecular weight excluding hydrogens is 344 g/mol. The molecule has 3 aromatic rings. The lowest BCUT2D eigenvalue weighted by molar-refractivity contribution is -0.131. The summed E-state index contributed by atoms with van der Waals surface area (Å²) in [6.45, 7) is 0.374. The molecule has 0 atom stereocenters. The minimum Gasteiger partial charge on any atom is -0.355 e. The number of aryl methyl sites for hydroxylation is 1. The zero-order chi connectivity index (χ0) is 19.6. The zero-order valence-electron chi connectivity index (χ0n) is 15.6. The summed E-state index contributed by atoms with van der Waals surface area (Å²) < 4.78 is 3.03. The van der Waals surface area contributed by atoms with Crippen molar-refractivity contribution in [3.8, 4) is 0 Å². The third-order valence-corrected chi connectivity index (χ3v) is 4.63. The normalized spacial score (nSPS) is 10.8. The van der Waals surface area contributed by atoms with E-state index in [1.165, 1.54) is 4.57 Å². The van der Waals surface area contributed by atoms with E-state index in [-0.39, 0.29) is 24.0 Å². The Hall–Kier alpha value is -3.35. The zero-order valence-corrected chi connectivity index (χ0v) is 15.6. The van der Waals surface area contributed by atoms with Crippen LogP contribution in [0.15, 0.2) is 53.3 Å². The number of hydrogen-bond acceptors (Lipinski definition) is 3. The molecule has 3 rings (SSSR count). The number of carbonyl (C=O) groups excluding carboxylic acids is 2. The van der Waals surface area contributed by atoms with E-state index in [0.717, 1.165) is 16.6 Å². The highest BCUT2D eigenvalue weighted by Crippen LogP contribution is 2.12. The number of benzene rings is 2. The van der Waals surface area contributed by atoms with Crippen LogP contribution in [0.1, 0.15) is 15.9 Å². The fourth-order valence-corrected chi connectivity index (χ4v) is 3.04. The van der Waals surface area contributed by atoms with E-state index < -0.39 is 0 Å². The molecule has 0 bridgehead atoms. The maximum absolute atomic E-state index is 12.6. The molecule has 7 heteroatoms. The number of carbonyl (C=O) groups is 2. The average Bonchev–Trinajstić information content (AvgIpc) is 2.93. The Balaban J connectivity index is 1.74. The first-order valence-corrected chi connectivity index (χ1v) is 8.61. The highest BCUT2D eigenvalue weighted by atomic mass is 16.2. The van der Waals surface area contributed by atoms with E-state index in [4.69, 9.17) is 0 Å². The van der Waals surface area contributed by atoms with E-state index in [0.29, 0.717) is 12.1 Å². The number of fused-ring (bicyclic) bond motifs is 1. The predicted molar refractivity (Wildman–Crippen MR) is 103 cm³/mol. The van der Waals surface area contributed by atoms with Gasteiger partial charge in [-0.05, 0) is 29.8 Å². The number of rotatable bonds is 5. The van der Waals surface area contributed by atoms with Crippen molar-refractivity contribution < 1.29 is 9.59 Å². The third kappa shape index (κ3) is 3.62. The van der Waals surface area contributed by atoms with Crippen LogP contribution in [0.2, 0.25) is 0 Å². The van der Waals surface area contributed by atoms with Crippen LogP contribution >= 0.6 is 0 Å². The molecule has 7 nitrogen and oxygen atoms in total. The minimum atomic E-state index is -0.215. The molecule has 0 aliphatic carbocycles. The monoisotopic (exact) mass is 366 g/mol. The van der Waals surface area contributed by atoms with Gasteiger partial charge in [-0.3, -0.25) is 18.7 Å². The smallest absolute Gasteiger partial charge is 0.329 e. The second kappa shape index (κ2) is 7.49. The summed E-state index contributed by atoms with van der Waals surface area (Å²) in [6, 6.07) is 14.5. The van der Waals surface area contributed by atoms with Crippen LogP contribution in [0.5, 0.6) is 0 Å². The fraction of sp³-hybridized carbons (Fsp3) is 0.250. The van der Waals surface area contributed by atoms with Crippen LogP contribution in [0.25, 0.3) is 11.0 Å². The highest BCUT2D eigenvalue weighted by molar-refractivity contribution is 5.93. The molecule has 1 heterocycles. The first kappa shape index (κ1) is 18.4. The van der Waals surface area contributed by atoms with Crippen LogP contribution in [-0.2, 0) is 24.9 Å². The molecule has 0 unspecified atom stereocenters. The predicted octanol–water partition coefficient (Wildman–Crippen LogP) is 1.36. The number of hydrogen-bond donors (Lipinski definition) is 1. The molecule has 140 valence electrons. The van der Waals surface area contributed by atoms with E-state index in [2.05, 4.69) is 5.32 Å². The second-order valence-electron chi connectivity index (χ2n) is 6.44. The summed E-state index contributed by atoms with van der Waals surface area (Å²) in [6.07, 6.45) is 0. The lowest BCUT2D eigenvalue weighted by Crippen LogP contribution is -2.33. The van der Waals surface area contributed by atoms with Crippen LogP contribution in [-0.4, -0.2) is 39.9 Å². The number of nitrogens with zero attached hydrogens (tertiary/aromatic N) is 3. The molecule has 1 N–H and O–H groups in total. The molecular formula is C20H22N4O3. The SMILES string of the molecule is CNC(=O)c1ccc(CN(C)C(=O)Cn2c(=O)n(C)c3ccccc32)cc1. The van der Waals surface area contributed by atoms with Crippen molar-refractivity contribution in [1.29, 1.82) is 0 Å². The van der Waals surface area contributed by atoms with E-state index >= 15 is 0 Å². The van der Waals surface area contributed by atoms with Crippen molar-refractivity contribution in [3.63, 3.8) is 0 Å². The number of amides is 2. The molecule has 27 heavy (non-hydrogen) atoms. The van der Waals surface area contributed by atoms with Crippen molar-refractivity contribution in [1.82, 2.24) is 19.4 Å². The van der Waals surface area contributed by atoms with Gasteiger partial charge in [0, 0.05) is 33.3 Å². The van der Waals surface area contributed by atoms with Crippen molar-refractivity contribution in [2.24, 2.45) is 7.05 Å². The van der Waals surface area contributed by atoms with Gasteiger partial charge in [-0.2, -0.15) is 0 Å². The van der Waals surface area contributed by atoms with Gasteiger partial charge in [0.2, 0.25) is 5.91 Å². The first-order valence-electron chi connectivity index (χ1n) is 8.61. The Labute approximate surface area is 156 Å². The fourth-order valence-electron chi connectivity index (χ4n) is 3.04. The van der Waals surface area contributed by atoms with Crippen LogP contribution in [0.4, 0.5) is 0 Å². The van der Waals surface area contributed by atoms with Crippen LogP contribution < -0.4 is 11.0 Å². The minimum absolute atomic E-state index is 0.0208. The van der Waals surface area contributed by atoms with Crippen molar-refractivity contribution in [2.45, 2.75) is 13.1 Å². The Bertz CT molecular complexity index is 1050. The van der Waals surface area contributed by atoms with Gasteiger partial charge in [0.25, 0.3) is 5.91 Å². The molecule has 0 spiro atoms. The molecule has 0 radical (unpaired) electrons. The van der Waals surface area contributed by atoms with Gasteiger partial charge in [0.05, 0.1) is 11.0 Å². The topological polar surface area (TPSA) is 76.3 Å². The summed E-state index contributed by atoms with van der Waals surface area (Å²) in [4.78, 5) is 38.2. The number of nitrogens with one attached hydrogen (secondary N) is 1. The van der Waals surface area contributed by atoms with Gasteiger partial charge in [0.15, 0.2) is 0 Å². The Morgan fingerprint density at radius 3 is 2.30 bits per heavy atom. The number of aromatic nitrogens is 2. The Morgan fingerprint density at radius 1 is 1.04 bits per heavy atom. The molecule has 2 aromatic carbocycles. The quantitative estimate of drug-likeness (QED) is 0.741. The Morgan fingerprint density at radius 2 is 1.67 bits per heavy atom. The van der Waals surface area contributed by atoms with Crippen molar-refractivity contribution >= 4 is 22.8 Å². The molecule has 1 aromatic heterocycles. The molecule has 0 fully saturated rings. The number of likely N-dealkylation sites (N-methyl/N-ethyl adjacent to an activating group) is 1. The summed E-state index contributed by atoms with van der Waals surface area (Å²) in [5, 5.41) is 2.57. The largest absolute Gasteiger partial charge is 0.355 e. The molecule has 0 aliphatic heterocycles. The van der Waals surface area contributed by atoms with Gasteiger partial charge in [0.1, 0.15) is 6.54 Å². The van der Waals surface area contributed by atoms with Crippen molar-refractivity contribution in [3.05, 3.63) is 70.1 Å². The highest BCUT2D eigenvalue weighted by Gasteiger charge is 2.16. The average molecular weight is 366 g/mol. The Kier molecular flexibility index (Phi) is 5.12. The van der Waals surface area contributed by atoms with E-state index in [1.807, 2.05) is 36.4 Å². The lowest BCUT2D eigenvalue weighted by Gasteiger charge is -2.18. The first-order chi connectivity index (χ1) is 12.9. The molecule has 2 amide bonds. The molecule has 0 saturated heterocycles. The van der Waals surface area contributed by atoms with E-state index in [9.17, 15) is 14.4 Å². The van der Waals surface area contributed by atoms with Gasteiger partial charge in [-0.15, -0.1) is 0 Å². The third-order valence-electron chi connectivity index (χ3n) is 4.63. The van der Waals surface area contributed by atoms with Gasteiger partial charge >= 0.3 is 5.69 Å². The lowest BCUT2D eigenvalue weighted by atomic mass is 10.1. The maximum atomic E-state index is 12.6. The van der Waals surface area contributed by atoms with Gasteiger partial charge in [-0.1, -0.05) is 24.3 Å². The van der Waals surface area contributed by atoms with Crippen molar-refractivity contribution in [2.75, 3.05) is 14.1 Å². The van der Waals surface area contributed by atoms with Crippen LogP contribution in [0, 0.1) is 0 Å². The standard InChI is InChI=1S/C20H22N4O3/c1-21-19(26)15-10-8-14(9-11-15)12-22(2)18(25)13-24-17-7-5-4-6-16(17)23(3)20(24)27/h4-11H,12-13H2,1-3H3,(H,21,26). The van der Waals surface area contributed by atoms with Gasteiger partial charge < -0.3 is 10.2 Å². The summed E-state index contributed by atoms with van der Waals surface area (Å²) >= 11 is 0. The summed E-state index contributed by atoms with van der Waals surface area (Å²) in [5.74, 6) is -0.315. The van der Waals surface area contributed by atoms with Crippen LogP contribution in [0.3, 0.4) is 0 Å². The number of imidazole rings is 1. The van der Waals surface area contributed by atoms with E-state index in [1.54, 1.807) is 42.7 Å². The molecule has 0 saturated carbocycles. The van der Waals surface area contributed by atoms with Gasteiger partial charge in [-0.25, -0.2) is 4.79 Å². The molecule has 0 aliphatic rings. The summed E-state index contributed by atoms with van der Waals surface area (Å²) in [5.41, 5.74) is 2.79. The maximum Gasteiger partial charge on any atom is 0.329 e.